The second-order valence-corrected chi connectivity index (χ2v) is 21.5. The summed E-state index contributed by atoms with van der Waals surface area (Å²) in [5, 5.41) is 22.4. The minimum Gasteiger partial charge on any atom is -0.391 e. The lowest BCUT2D eigenvalue weighted by Crippen LogP contribution is -2.57. The lowest BCUT2D eigenvalue weighted by molar-refractivity contribution is -0.144. The lowest BCUT2D eigenvalue weighted by atomic mass is 9.71. The van der Waals surface area contributed by atoms with Crippen molar-refractivity contribution in [3.05, 3.63) is 130 Å². The fraction of sp³-hybridized carbons (Fsp3) is 0.436. The van der Waals surface area contributed by atoms with Crippen molar-refractivity contribution in [3.8, 4) is 10.4 Å². The summed E-state index contributed by atoms with van der Waals surface area (Å²) in [5.41, 5.74) is 8.92. The molecule has 6 amide bonds. The molecule has 3 aromatic carbocycles. The third-order valence-corrected chi connectivity index (χ3v) is 15.2. The van der Waals surface area contributed by atoms with Crippen LogP contribution in [0.4, 0.5) is 5.69 Å². The predicted octanol–water partition coefficient (Wildman–Crippen LogP) is 6.36. The normalized spacial score (nSPS) is 17.6. The molecular weight excluding hydrogens is 931 g/mol. The van der Waals surface area contributed by atoms with Crippen LogP contribution in [0.25, 0.3) is 10.4 Å². The van der Waals surface area contributed by atoms with Gasteiger partial charge in [0, 0.05) is 89.6 Å². The van der Waals surface area contributed by atoms with Gasteiger partial charge >= 0.3 is 0 Å². The molecule has 2 aliphatic heterocycles. The van der Waals surface area contributed by atoms with Gasteiger partial charge < -0.3 is 40.7 Å². The van der Waals surface area contributed by atoms with Crippen LogP contribution in [0.3, 0.4) is 0 Å². The number of aliphatic hydroxyl groups is 1. The van der Waals surface area contributed by atoms with Crippen molar-refractivity contribution >= 4 is 52.5 Å². The van der Waals surface area contributed by atoms with E-state index in [2.05, 4.69) is 41.8 Å². The minimum absolute atomic E-state index is 0.000120. The number of nitrogens with zero attached hydrogens (tertiary/aromatic N) is 5. The molecule has 2 aromatic heterocycles. The van der Waals surface area contributed by atoms with E-state index in [1.807, 2.05) is 99.9 Å². The molecule has 17 heteroatoms. The molecule has 0 unspecified atom stereocenters. The Morgan fingerprint density at radius 1 is 0.833 bits per heavy atom. The van der Waals surface area contributed by atoms with Crippen LogP contribution in [0.15, 0.2) is 90.4 Å². The molecule has 8 rings (SSSR count). The van der Waals surface area contributed by atoms with Crippen molar-refractivity contribution in [2.45, 2.75) is 123 Å². The second-order valence-electron chi connectivity index (χ2n) is 20.7. The summed E-state index contributed by atoms with van der Waals surface area (Å²) in [5.74, 6) is -1.67. The molecule has 1 saturated heterocycles. The van der Waals surface area contributed by atoms with E-state index < -0.39 is 35.4 Å². The van der Waals surface area contributed by atoms with Crippen LogP contribution < -0.4 is 21.3 Å². The van der Waals surface area contributed by atoms with E-state index in [-0.39, 0.29) is 67.9 Å². The van der Waals surface area contributed by atoms with Crippen molar-refractivity contribution in [1.29, 1.82) is 0 Å². The molecule has 3 atom stereocenters. The predicted molar refractivity (Wildman–Crippen MR) is 277 cm³/mol. The fourth-order valence-electron chi connectivity index (χ4n) is 10.1. The third kappa shape index (κ3) is 11.6. The first kappa shape index (κ1) is 51.7. The van der Waals surface area contributed by atoms with Gasteiger partial charge in [-0.05, 0) is 96.7 Å². The van der Waals surface area contributed by atoms with Gasteiger partial charge in [0.1, 0.15) is 17.8 Å². The SMILES string of the molecule is Cc1ncsc1-c1ccc(CNC(=O)[C@@H]2C[C@@H](O)CN2C(=O)[C@@H](NC(=O)CCCC(=O)Nc2ccc(CNC(=O)c3ccc4n3CCN(Cc3ccc(C(=O)N(C)C)cc3)C43CCC3)cc2)C(C)(C)C)cc1. The van der Waals surface area contributed by atoms with Crippen molar-refractivity contribution in [3.63, 3.8) is 0 Å². The van der Waals surface area contributed by atoms with Gasteiger partial charge in [-0.15, -0.1) is 11.3 Å². The van der Waals surface area contributed by atoms with E-state index >= 15 is 0 Å². The van der Waals surface area contributed by atoms with Gasteiger partial charge in [-0.1, -0.05) is 69.3 Å². The number of thiazole rings is 1. The molecular formula is C55H67N9O7S. The number of fused-ring (bicyclic) bond motifs is 2. The van der Waals surface area contributed by atoms with Crippen LogP contribution in [-0.4, -0.2) is 110 Å². The molecule has 1 aliphatic carbocycles. The minimum atomic E-state index is -0.978. The Kier molecular flexibility index (Phi) is 15.8. The van der Waals surface area contributed by atoms with Gasteiger partial charge in [-0.3, -0.25) is 33.7 Å². The summed E-state index contributed by atoms with van der Waals surface area (Å²) in [7, 11) is 3.50. The number of aryl methyl sites for hydroxylation is 1. The van der Waals surface area contributed by atoms with Crippen LogP contribution in [0.1, 0.15) is 115 Å². The zero-order valence-electron chi connectivity index (χ0n) is 42.1. The smallest absolute Gasteiger partial charge is 0.268 e. The number of aromatic nitrogens is 2. The Balaban J connectivity index is 0.772. The highest BCUT2D eigenvalue weighted by Crippen LogP contribution is 2.49. The highest BCUT2D eigenvalue weighted by Gasteiger charge is 2.49. The van der Waals surface area contributed by atoms with Gasteiger partial charge in [-0.2, -0.15) is 0 Å². The fourth-order valence-corrected chi connectivity index (χ4v) is 10.9. The van der Waals surface area contributed by atoms with E-state index in [1.54, 1.807) is 42.5 Å². The Morgan fingerprint density at radius 3 is 2.11 bits per heavy atom. The van der Waals surface area contributed by atoms with E-state index in [4.69, 9.17) is 0 Å². The van der Waals surface area contributed by atoms with Crippen LogP contribution in [-0.2, 0) is 50.9 Å². The highest BCUT2D eigenvalue weighted by atomic mass is 32.1. The quantitative estimate of drug-likeness (QED) is 0.0704. The number of carbonyl (C=O) groups is 6. The van der Waals surface area contributed by atoms with Crippen LogP contribution in [0, 0.1) is 12.3 Å². The first-order chi connectivity index (χ1) is 34.4. The Bertz CT molecular complexity index is 2770. The molecule has 380 valence electrons. The Morgan fingerprint density at radius 2 is 1.49 bits per heavy atom. The number of nitrogens with one attached hydrogen (secondary N) is 4. The molecule has 4 heterocycles. The molecule has 0 bridgehead atoms. The molecule has 16 nitrogen and oxygen atoms in total. The third-order valence-electron chi connectivity index (χ3n) is 14.3. The number of likely N-dealkylation sites (tertiary alicyclic amines) is 1. The van der Waals surface area contributed by atoms with Crippen molar-refractivity contribution in [1.82, 2.24) is 40.2 Å². The summed E-state index contributed by atoms with van der Waals surface area (Å²) in [4.78, 5) is 90.7. The largest absolute Gasteiger partial charge is 0.391 e. The molecule has 1 saturated carbocycles. The number of amides is 6. The maximum absolute atomic E-state index is 14.1. The van der Waals surface area contributed by atoms with Gasteiger partial charge in [0.25, 0.3) is 11.8 Å². The van der Waals surface area contributed by atoms with Gasteiger partial charge in [0.05, 0.1) is 27.7 Å². The molecule has 5 aromatic rings. The summed E-state index contributed by atoms with van der Waals surface area (Å²) in [6.07, 6.45) is 2.68. The van der Waals surface area contributed by atoms with E-state index in [1.165, 1.54) is 10.6 Å². The highest BCUT2D eigenvalue weighted by molar-refractivity contribution is 7.13. The average molecular weight is 998 g/mol. The molecule has 2 fully saturated rings. The first-order valence-electron chi connectivity index (χ1n) is 24.9. The van der Waals surface area contributed by atoms with Crippen LogP contribution >= 0.6 is 11.3 Å². The number of aliphatic hydroxyl groups excluding tert-OH is 1. The maximum Gasteiger partial charge on any atom is 0.268 e. The van der Waals surface area contributed by atoms with Crippen molar-refractivity contribution < 1.29 is 33.9 Å². The zero-order valence-corrected chi connectivity index (χ0v) is 42.9. The van der Waals surface area contributed by atoms with Crippen LogP contribution in [0.2, 0.25) is 0 Å². The summed E-state index contributed by atoms with van der Waals surface area (Å²) in [6.45, 7) is 10.2. The van der Waals surface area contributed by atoms with E-state index in [0.717, 1.165) is 65.2 Å². The number of β-amino-alcohol motifs (C(OH)–C–C–N with tert-alkyl or cyclic N) is 1. The summed E-state index contributed by atoms with van der Waals surface area (Å²) >= 11 is 1.57. The number of carbonyl (C=O) groups excluding carboxylic acids is 6. The Hall–Kier alpha value is -6.69. The van der Waals surface area contributed by atoms with Gasteiger partial charge in [0.15, 0.2) is 0 Å². The van der Waals surface area contributed by atoms with Crippen molar-refractivity contribution in [2.75, 3.05) is 32.5 Å². The summed E-state index contributed by atoms with van der Waals surface area (Å²) in [6, 6.07) is 25.1. The molecule has 5 N–H and O–H groups in total. The van der Waals surface area contributed by atoms with Crippen molar-refractivity contribution in [2.24, 2.45) is 5.41 Å². The number of hydrogen-bond donors (Lipinski definition) is 5. The average Bonchev–Trinajstić information content (AvgIpc) is 4.09. The van der Waals surface area contributed by atoms with Gasteiger partial charge in [0.2, 0.25) is 23.6 Å². The van der Waals surface area contributed by atoms with Crippen LogP contribution in [0.5, 0.6) is 0 Å². The topological polar surface area (TPSA) is 198 Å². The molecule has 1 spiro atoms. The summed E-state index contributed by atoms with van der Waals surface area (Å²) < 4.78 is 2.17. The number of benzene rings is 3. The molecule has 3 aliphatic rings. The Labute approximate surface area is 425 Å². The maximum atomic E-state index is 14.1. The van der Waals surface area contributed by atoms with Gasteiger partial charge in [-0.25, -0.2) is 4.98 Å². The monoisotopic (exact) mass is 997 g/mol. The second kappa shape index (κ2) is 22.0. The van der Waals surface area contributed by atoms with E-state index in [0.29, 0.717) is 30.0 Å². The lowest BCUT2D eigenvalue weighted by Gasteiger charge is -2.53. The number of anilines is 1. The molecule has 0 radical (unpaired) electrons. The standard InChI is InChI=1S/C55H67N9O7S/c1-35-48(72-34-58-35)39-17-11-36(12-18-39)30-57-51(69)44-29-42(65)33-64(44)53(71)49(54(2,3)4)60-47(67)10-7-9-46(66)59-41-21-15-37(16-22-41)31-56-50(68)43-23-24-45-55(25-8-26-55)62(27-28-63(43)45)32-38-13-19-40(20-14-38)52(70)61(5)6/h11-24,34,42,44,49,65H,7-10,25-33H2,1-6H3,(H,56,68)(H,57,69)(H,59,66)(H,60,67)/t42-,44+,49-/m1/s1. The number of hydrogen-bond acceptors (Lipinski definition) is 10. The first-order valence-corrected chi connectivity index (χ1v) is 25.8. The van der Waals surface area contributed by atoms with E-state index in [9.17, 15) is 33.9 Å². The molecule has 72 heavy (non-hydrogen) atoms. The number of rotatable bonds is 17. The zero-order chi connectivity index (χ0) is 51.3.